The van der Waals surface area contributed by atoms with Crippen LogP contribution in [0.5, 0.6) is 11.5 Å². The maximum Gasteiger partial charge on any atom is 0.254 e. The summed E-state index contributed by atoms with van der Waals surface area (Å²) >= 11 is 0. The van der Waals surface area contributed by atoms with Gasteiger partial charge in [-0.3, -0.25) is 19.4 Å². The standard InChI is InChI=1S/C32H37FN4O4/c1-35-30(23-11-7-8-12-26(23)33)29(24-19-27(40-2)28(41-3)20-25(24)32(35)39)31(38)34-13-14-36-15-17-37(18-16-36)21-22-9-5-4-6-10-22/h4-12,19-20,29-30H,13-18,21H2,1-3H3,(H,34,38). The molecule has 2 heterocycles. The first-order valence-corrected chi connectivity index (χ1v) is 13.9. The van der Waals surface area contributed by atoms with Crippen molar-refractivity contribution in [2.45, 2.75) is 18.5 Å². The molecule has 0 aromatic heterocycles. The summed E-state index contributed by atoms with van der Waals surface area (Å²) in [5.41, 5.74) is 2.43. The molecule has 0 spiro atoms. The van der Waals surface area contributed by atoms with E-state index in [0.29, 0.717) is 41.3 Å². The van der Waals surface area contributed by atoms with Gasteiger partial charge in [-0.1, -0.05) is 48.5 Å². The van der Waals surface area contributed by atoms with E-state index >= 15 is 4.39 Å². The Hall–Kier alpha value is -3.95. The second-order valence-electron chi connectivity index (χ2n) is 10.5. The highest BCUT2D eigenvalue weighted by atomic mass is 19.1. The number of hydrogen-bond acceptors (Lipinski definition) is 6. The highest BCUT2D eigenvalue weighted by molar-refractivity contribution is 6.02. The monoisotopic (exact) mass is 560 g/mol. The fourth-order valence-electron chi connectivity index (χ4n) is 5.89. The molecule has 8 nitrogen and oxygen atoms in total. The first-order valence-electron chi connectivity index (χ1n) is 13.9. The number of benzene rings is 3. The van der Waals surface area contributed by atoms with E-state index in [4.69, 9.17) is 9.47 Å². The molecule has 1 saturated heterocycles. The molecule has 0 saturated carbocycles. The molecule has 0 bridgehead atoms. The Morgan fingerprint density at radius 3 is 2.22 bits per heavy atom. The van der Waals surface area contributed by atoms with E-state index in [2.05, 4.69) is 39.4 Å². The average Bonchev–Trinajstić information content (AvgIpc) is 3.00. The summed E-state index contributed by atoms with van der Waals surface area (Å²) in [5, 5.41) is 3.09. The molecule has 216 valence electrons. The van der Waals surface area contributed by atoms with Gasteiger partial charge in [0.2, 0.25) is 5.91 Å². The SMILES string of the molecule is COc1cc2c(cc1OC)C(C(=O)NCCN1CCN(Cc3ccccc3)CC1)C(c1ccccc1F)N(C)C2=O. The van der Waals surface area contributed by atoms with Crippen LogP contribution >= 0.6 is 0 Å². The molecule has 3 aromatic rings. The summed E-state index contributed by atoms with van der Waals surface area (Å²) in [6.07, 6.45) is 0. The van der Waals surface area contributed by atoms with Gasteiger partial charge in [-0.25, -0.2) is 4.39 Å². The van der Waals surface area contributed by atoms with Crippen LogP contribution in [0.4, 0.5) is 4.39 Å². The minimum absolute atomic E-state index is 0.270. The summed E-state index contributed by atoms with van der Waals surface area (Å²) in [6.45, 7) is 5.84. The number of hydrogen-bond donors (Lipinski definition) is 1. The first kappa shape index (κ1) is 28.6. The molecule has 2 aliphatic heterocycles. The number of carbonyl (C=O) groups is 2. The van der Waals surface area contributed by atoms with Crippen LogP contribution in [0, 0.1) is 5.82 Å². The third kappa shape index (κ3) is 6.06. The maximum atomic E-state index is 15.1. The van der Waals surface area contributed by atoms with Crippen molar-refractivity contribution >= 4 is 11.8 Å². The first-order chi connectivity index (χ1) is 19.9. The lowest BCUT2D eigenvalue weighted by atomic mass is 9.79. The predicted molar refractivity (Wildman–Crippen MR) is 155 cm³/mol. The summed E-state index contributed by atoms with van der Waals surface area (Å²) in [6, 6.07) is 19.2. The summed E-state index contributed by atoms with van der Waals surface area (Å²) < 4.78 is 26.0. The minimum Gasteiger partial charge on any atom is -0.493 e. The number of methoxy groups -OCH3 is 2. The number of nitrogens with zero attached hydrogens (tertiary/aromatic N) is 3. The van der Waals surface area contributed by atoms with Gasteiger partial charge >= 0.3 is 0 Å². The fraction of sp³-hybridized carbons (Fsp3) is 0.375. The van der Waals surface area contributed by atoms with Crippen LogP contribution in [-0.2, 0) is 11.3 Å². The second kappa shape index (κ2) is 12.7. The Morgan fingerprint density at radius 2 is 1.54 bits per heavy atom. The number of piperazine rings is 1. The average molecular weight is 561 g/mol. The lowest BCUT2D eigenvalue weighted by Crippen LogP contribution is -2.49. The molecule has 5 rings (SSSR count). The minimum atomic E-state index is -0.841. The summed E-state index contributed by atoms with van der Waals surface area (Å²) in [7, 11) is 4.60. The van der Waals surface area contributed by atoms with Crippen LogP contribution in [0.25, 0.3) is 0 Å². The van der Waals surface area contributed by atoms with Crippen molar-refractivity contribution in [1.29, 1.82) is 0 Å². The summed E-state index contributed by atoms with van der Waals surface area (Å²) in [4.78, 5) is 33.6. The number of halogens is 1. The number of likely N-dealkylation sites (N-methyl/N-ethyl adjacent to an activating group) is 1. The van der Waals surface area contributed by atoms with Crippen LogP contribution in [0.15, 0.2) is 66.7 Å². The topological polar surface area (TPSA) is 74.4 Å². The van der Waals surface area contributed by atoms with Crippen molar-refractivity contribution in [3.63, 3.8) is 0 Å². The van der Waals surface area contributed by atoms with Gasteiger partial charge in [0.15, 0.2) is 11.5 Å². The lowest BCUT2D eigenvalue weighted by molar-refractivity contribution is -0.124. The van der Waals surface area contributed by atoms with E-state index < -0.39 is 17.8 Å². The highest BCUT2D eigenvalue weighted by Crippen LogP contribution is 2.46. The van der Waals surface area contributed by atoms with Crippen LogP contribution < -0.4 is 14.8 Å². The molecule has 2 atom stereocenters. The highest BCUT2D eigenvalue weighted by Gasteiger charge is 2.44. The van der Waals surface area contributed by atoms with Gasteiger partial charge in [0.25, 0.3) is 5.91 Å². The molecule has 2 unspecified atom stereocenters. The molecule has 3 aromatic carbocycles. The number of amides is 2. The number of rotatable bonds is 9. The van der Waals surface area contributed by atoms with Crippen molar-refractivity contribution in [3.8, 4) is 11.5 Å². The maximum absolute atomic E-state index is 15.1. The van der Waals surface area contributed by atoms with Crippen molar-refractivity contribution < 1.29 is 23.5 Å². The smallest absolute Gasteiger partial charge is 0.254 e. The number of carbonyl (C=O) groups excluding carboxylic acids is 2. The molecule has 2 aliphatic rings. The molecule has 0 radical (unpaired) electrons. The Morgan fingerprint density at radius 1 is 0.902 bits per heavy atom. The molecule has 9 heteroatoms. The molecule has 1 N–H and O–H groups in total. The second-order valence-corrected chi connectivity index (χ2v) is 10.5. The van der Waals surface area contributed by atoms with E-state index in [0.717, 1.165) is 32.7 Å². The van der Waals surface area contributed by atoms with Gasteiger partial charge in [-0.2, -0.15) is 0 Å². The van der Waals surface area contributed by atoms with E-state index in [9.17, 15) is 9.59 Å². The Kier molecular flexibility index (Phi) is 8.85. The molecular formula is C32H37FN4O4. The van der Waals surface area contributed by atoms with Gasteiger partial charge in [0.05, 0.1) is 26.2 Å². The summed E-state index contributed by atoms with van der Waals surface area (Å²) in [5.74, 6) is -1.09. The normalized spacial score (nSPS) is 19.5. The van der Waals surface area contributed by atoms with E-state index in [1.165, 1.54) is 30.7 Å². The van der Waals surface area contributed by atoms with Crippen molar-refractivity contribution in [3.05, 3.63) is 94.8 Å². The lowest BCUT2D eigenvalue weighted by Gasteiger charge is -2.40. The Bertz CT molecular complexity index is 1380. The quantitative estimate of drug-likeness (QED) is 0.431. The number of ether oxygens (including phenoxy) is 2. The van der Waals surface area contributed by atoms with Gasteiger partial charge in [-0.15, -0.1) is 0 Å². The fourth-order valence-corrected chi connectivity index (χ4v) is 5.89. The zero-order valence-corrected chi connectivity index (χ0v) is 23.8. The van der Waals surface area contributed by atoms with Gasteiger partial charge in [-0.05, 0) is 29.3 Å². The third-order valence-corrected chi connectivity index (χ3v) is 8.12. The van der Waals surface area contributed by atoms with E-state index in [-0.39, 0.29) is 11.8 Å². The van der Waals surface area contributed by atoms with Gasteiger partial charge < -0.3 is 19.7 Å². The zero-order chi connectivity index (χ0) is 28.9. The van der Waals surface area contributed by atoms with Crippen LogP contribution in [0.1, 0.15) is 39.0 Å². The predicted octanol–water partition coefficient (Wildman–Crippen LogP) is 3.69. The molecular weight excluding hydrogens is 523 g/mol. The molecule has 0 aliphatic carbocycles. The van der Waals surface area contributed by atoms with Crippen molar-refractivity contribution in [1.82, 2.24) is 20.0 Å². The molecule has 2 amide bonds. The van der Waals surface area contributed by atoms with Crippen LogP contribution in [0.2, 0.25) is 0 Å². The van der Waals surface area contributed by atoms with Gasteiger partial charge in [0.1, 0.15) is 5.82 Å². The van der Waals surface area contributed by atoms with E-state index in [1.54, 1.807) is 37.4 Å². The number of fused-ring (bicyclic) bond motifs is 1. The van der Waals surface area contributed by atoms with Crippen LogP contribution in [-0.4, -0.2) is 87.0 Å². The van der Waals surface area contributed by atoms with E-state index in [1.807, 2.05) is 6.07 Å². The zero-order valence-electron chi connectivity index (χ0n) is 23.8. The third-order valence-electron chi connectivity index (χ3n) is 8.12. The molecule has 1 fully saturated rings. The van der Waals surface area contributed by atoms with Crippen molar-refractivity contribution in [2.24, 2.45) is 0 Å². The van der Waals surface area contributed by atoms with Crippen molar-refractivity contribution in [2.75, 3.05) is 60.5 Å². The van der Waals surface area contributed by atoms with Gasteiger partial charge in [0, 0.05) is 64.0 Å². The van der Waals surface area contributed by atoms with Crippen LogP contribution in [0.3, 0.4) is 0 Å². The number of nitrogens with one attached hydrogen (secondary N) is 1. The Labute approximate surface area is 240 Å². The Balaban J connectivity index is 1.31. The molecule has 41 heavy (non-hydrogen) atoms. The largest absolute Gasteiger partial charge is 0.493 e.